The first kappa shape index (κ1) is 19.1. The molecule has 0 fully saturated rings. The van der Waals surface area contributed by atoms with E-state index in [4.69, 9.17) is 16.3 Å². The van der Waals surface area contributed by atoms with E-state index in [2.05, 4.69) is 15.6 Å². The summed E-state index contributed by atoms with van der Waals surface area (Å²) in [5, 5.41) is 7.22. The molecule has 0 unspecified atom stereocenters. The van der Waals surface area contributed by atoms with Crippen LogP contribution < -0.4 is 15.4 Å². The maximum Gasteiger partial charge on any atom is 0.318 e. The van der Waals surface area contributed by atoms with Crippen molar-refractivity contribution in [3.63, 3.8) is 0 Å². The molecule has 3 N–H and O–H groups in total. The van der Waals surface area contributed by atoms with E-state index in [1.54, 1.807) is 23.1 Å². The van der Waals surface area contributed by atoms with Crippen molar-refractivity contribution in [1.82, 2.24) is 15.2 Å². The van der Waals surface area contributed by atoms with Gasteiger partial charge in [0.15, 0.2) is 0 Å². The second kappa shape index (κ2) is 8.05. The average molecular weight is 413 g/mol. The average Bonchev–Trinajstić information content (AvgIpc) is 3.09. The van der Waals surface area contributed by atoms with Crippen LogP contribution in [0.1, 0.15) is 11.3 Å². The Labute approximate surface area is 173 Å². The number of rotatable bonds is 4. The van der Waals surface area contributed by atoms with Gasteiger partial charge in [-0.15, -0.1) is 0 Å². The van der Waals surface area contributed by atoms with Gasteiger partial charge in [0.05, 0.1) is 25.9 Å². The summed E-state index contributed by atoms with van der Waals surface area (Å²) in [6, 6.07) is 12.6. The molecule has 8 heteroatoms. The molecule has 4 rings (SSSR count). The Kier molecular flexibility index (Phi) is 5.31. The molecule has 0 spiro atoms. The maximum atomic E-state index is 12.5. The van der Waals surface area contributed by atoms with Crippen molar-refractivity contribution >= 4 is 40.1 Å². The molecule has 0 atom stereocenters. The van der Waals surface area contributed by atoms with Crippen molar-refractivity contribution in [3.05, 3.63) is 58.7 Å². The zero-order valence-electron chi connectivity index (χ0n) is 15.9. The Hall–Kier alpha value is -3.19. The molecule has 1 aromatic heterocycles. The smallest absolute Gasteiger partial charge is 0.318 e. The highest BCUT2D eigenvalue weighted by molar-refractivity contribution is 6.31. The van der Waals surface area contributed by atoms with Gasteiger partial charge in [0.2, 0.25) is 5.91 Å². The Morgan fingerprint density at radius 1 is 1.24 bits per heavy atom. The van der Waals surface area contributed by atoms with Crippen LogP contribution in [0, 0.1) is 0 Å². The van der Waals surface area contributed by atoms with E-state index >= 15 is 0 Å². The SMILES string of the molecule is COc1ccccc1NC(=O)CNC(=O)N1CCc2c([nH]c3ccc(Cl)cc23)C1. The van der Waals surface area contributed by atoms with E-state index in [9.17, 15) is 9.59 Å². The number of ether oxygens (including phenoxy) is 1. The summed E-state index contributed by atoms with van der Waals surface area (Å²) in [4.78, 5) is 29.8. The number of hydrogen-bond acceptors (Lipinski definition) is 3. The number of urea groups is 1. The number of carbonyl (C=O) groups is 2. The molecule has 1 aliphatic rings. The highest BCUT2D eigenvalue weighted by Crippen LogP contribution is 2.29. The van der Waals surface area contributed by atoms with Gasteiger partial charge in [-0.1, -0.05) is 23.7 Å². The summed E-state index contributed by atoms with van der Waals surface area (Å²) in [7, 11) is 1.54. The van der Waals surface area contributed by atoms with Gasteiger partial charge in [0.25, 0.3) is 0 Å². The molecular weight excluding hydrogens is 392 g/mol. The molecule has 3 amide bonds. The summed E-state index contributed by atoms with van der Waals surface area (Å²) in [6.07, 6.45) is 0.733. The van der Waals surface area contributed by atoms with E-state index < -0.39 is 0 Å². The second-order valence-electron chi connectivity index (χ2n) is 6.85. The van der Waals surface area contributed by atoms with E-state index in [0.29, 0.717) is 29.5 Å². The van der Waals surface area contributed by atoms with Gasteiger partial charge in [-0.05, 0) is 42.3 Å². The minimum atomic E-state index is -0.319. The van der Waals surface area contributed by atoms with Crippen molar-refractivity contribution in [2.24, 2.45) is 0 Å². The summed E-state index contributed by atoms with van der Waals surface area (Å²) < 4.78 is 5.21. The van der Waals surface area contributed by atoms with Crippen LogP contribution in [0.25, 0.3) is 10.9 Å². The lowest BCUT2D eigenvalue weighted by Gasteiger charge is -2.27. The molecule has 1 aliphatic heterocycles. The summed E-state index contributed by atoms with van der Waals surface area (Å²) in [6.45, 7) is 0.913. The number of para-hydroxylation sites is 2. The molecule has 7 nitrogen and oxygen atoms in total. The van der Waals surface area contributed by atoms with Crippen molar-refractivity contribution in [2.75, 3.05) is 25.5 Å². The van der Waals surface area contributed by atoms with Crippen LogP contribution in [0.5, 0.6) is 5.75 Å². The van der Waals surface area contributed by atoms with Crippen LogP contribution in [0.15, 0.2) is 42.5 Å². The summed E-state index contributed by atoms with van der Waals surface area (Å²) in [5.41, 5.74) is 3.77. The number of methoxy groups -OCH3 is 1. The lowest BCUT2D eigenvalue weighted by Crippen LogP contribution is -2.45. The van der Waals surface area contributed by atoms with Gasteiger partial charge in [0, 0.05) is 28.2 Å². The van der Waals surface area contributed by atoms with Crippen LogP contribution >= 0.6 is 11.6 Å². The molecule has 2 aromatic carbocycles. The first-order valence-corrected chi connectivity index (χ1v) is 9.67. The molecule has 29 heavy (non-hydrogen) atoms. The molecular formula is C21H21ClN4O3. The number of H-pyrrole nitrogens is 1. The zero-order chi connectivity index (χ0) is 20.4. The molecule has 0 radical (unpaired) electrons. The molecule has 2 heterocycles. The van der Waals surface area contributed by atoms with Crippen LogP contribution in [-0.2, 0) is 17.8 Å². The lowest BCUT2D eigenvalue weighted by molar-refractivity contribution is -0.115. The van der Waals surface area contributed by atoms with Crippen LogP contribution in [0.3, 0.4) is 0 Å². The second-order valence-corrected chi connectivity index (χ2v) is 7.29. The predicted molar refractivity (Wildman–Crippen MR) is 112 cm³/mol. The highest BCUT2D eigenvalue weighted by atomic mass is 35.5. The number of halogens is 1. The van der Waals surface area contributed by atoms with Crippen molar-refractivity contribution in [3.8, 4) is 5.75 Å². The Bertz CT molecular complexity index is 1080. The van der Waals surface area contributed by atoms with Crippen LogP contribution in [0.2, 0.25) is 5.02 Å². The topological polar surface area (TPSA) is 86.5 Å². The van der Waals surface area contributed by atoms with Gasteiger partial charge in [0.1, 0.15) is 5.75 Å². The van der Waals surface area contributed by atoms with Gasteiger partial charge >= 0.3 is 6.03 Å². The first-order valence-electron chi connectivity index (χ1n) is 9.30. The summed E-state index contributed by atoms with van der Waals surface area (Å²) >= 11 is 6.11. The number of amides is 3. The maximum absolute atomic E-state index is 12.5. The number of aromatic nitrogens is 1. The normalized spacial score (nSPS) is 13.1. The van der Waals surface area contributed by atoms with Gasteiger partial charge in [-0.2, -0.15) is 0 Å². The molecule has 0 aliphatic carbocycles. The number of benzene rings is 2. The fourth-order valence-corrected chi connectivity index (χ4v) is 3.77. The van der Waals surface area contributed by atoms with E-state index in [-0.39, 0.29) is 18.5 Å². The number of nitrogens with one attached hydrogen (secondary N) is 3. The molecule has 0 saturated heterocycles. The van der Waals surface area contributed by atoms with Crippen LogP contribution in [0.4, 0.5) is 10.5 Å². The van der Waals surface area contributed by atoms with Crippen molar-refractivity contribution in [1.29, 1.82) is 0 Å². The van der Waals surface area contributed by atoms with Crippen molar-refractivity contribution in [2.45, 2.75) is 13.0 Å². The third-order valence-corrected chi connectivity index (χ3v) is 5.24. The van der Waals surface area contributed by atoms with E-state index in [0.717, 1.165) is 23.0 Å². The lowest BCUT2D eigenvalue weighted by atomic mass is 10.0. The van der Waals surface area contributed by atoms with Gasteiger partial charge < -0.3 is 25.3 Å². The largest absolute Gasteiger partial charge is 0.495 e. The Morgan fingerprint density at radius 2 is 2.07 bits per heavy atom. The number of carbonyl (C=O) groups excluding carboxylic acids is 2. The molecule has 0 bridgehead atoms. The van der Waals surface area contributed by atoms with Crippen LogP contribution in [-0.4, -0.2) is 42.0 Å². The third kappa shape index (κ3) is 4.00. The fraction of sp³-hybridized carbons (Fsp3) is 0.238. The molecule has 0 saturated carbocycles. The van der Waals surface area contributed by atoms with Crippen molar-refractivity contribution < 1.29 is 14.3 Å². The zero-order valence-corrected chi connectivity index (χ0v) is 16.7. The Morgan fingerprint density at radius 3 is 2.90 bits per heavy atom. The quantitative estimate of drug-likeness (QED) is 0.612. The minimum absolute atomic E-state index is 0.122. The number of fused-ring (bicyclic) bond motifs is 3. The predicted octanol–water partition coefficient (Wildman–Crippen LogP) is 3.54. The fourth-order valence-electron chi connectivity index (χ4n) is 3.60. The van der Waals surface area contributed by atoms with E-state index in [1.165, 1.54) is 12.7 Å². The first-order chi connectivity index (χ1) is 14.0. The Balaban J connectivity index is 1.36. The van der Waals surface area contributed by atoms with Gasteiger partial charge in [-0.25, -0.2) is 4.79 Å². The number of anilines is 1. The minimum Gasteiger partial charge on any atom is -0.495 e. The standard InChI is InChI=1S/C21H21ClN4O3/c1-29-19-5-3-2-4-17(19)25-20(27)11-23-21(28)26-9-8-14-15-10-13(22)6-7-16(15)24-18(14)12-26/h2-7,10,24H,8-9,11-12H2,1H3,(H,23,28)(H,25,27). The van der Waals surface area contributed by atoms with Gasteiger partial charge in [-0.3, -0.25) is 4.79 Å². The third-order valence-electron chi connectivity index (χ3n) is 5.01. The highest BCUT2D eigenvalue weighted by Gasteiger charge is 2.24. The molecule has 150 valence electrons. The number of aromatic amines is 1. The number of nitrogens with zero attached hydrogens (tertiary/aromatic N) is 1. The summed E-state index contributed by atoms with van der Waals surface area (Å²) in [5.74, 6) is 0.246. The monoisotopic (exact) mass is 412 g/mol. The number of hydrogen-bond donors (Lipinski definition) is 3. The molecule has 3 aromatic rings. The van der Waals surface area contributed by atoms with E-state index in [1.807, 2.05) is 24.3 Å².